The third-order valence-corrected chi connectivity index (χ3v) is 6.41. The van der Waals surface area contributed by atoms with Crippen molar-refractivity contribution in [2.75, 3.05) is 4.90 Å². The van der Waals surface area contributed by atoms with Crippen LogP contribution in [0.4, 0.5) is 11.4 Å². The van der Waals surface area contributed by atoms with E-state index in [2.05, 4.69) is 110 Å². The van der Waals surface area contributed by atoms with Crippen LogP contribution < -0.4 is 4.90 Å². The smallest absolute Gasteiger partial charge is 0.0615 e. The van der Waals surface area contributed by atoms with Crippen molar-refractivity contribution < 1.29 is 0 Å². The first-order chi connectivity index (χ1) is 15.3. The molecular weight excluding hydrogens is 374 g/mol. The lowest BCUT2D eigenvalue weighted by Crippen LogP contribution is -2.18. The molecule has 154 valence electrons. The van der Waals surface area contributed by atoms with Crippen LogP contribution in [-0.2, 0) is 6.42 Å². The van der Waals surface area contributed by atoms with Crippen LogP contribution in [0.1, 0.15) is 37.3 Å². The SMILES string of the molecule is CCCc1ccc(N(C2=CC=CCC2)c2c3ccccc3c(C)c3ccccc23)cc1. The van der Waals surface area contributed by atoms with Gasteiger partial charge in [-0.25, -0.2) is 0 Å². The van der Waals surface area contributed by atoms with Gasteiger partial charge in [-0.2, -0.15) is 0 Å². The Morgan fingerprint density at radius 2 is 1.39 bits per heavy atom. The van der Waals surface area contributed by atoms with Crippen molar-refractivity contribution in [2.45, 2.75) is 39.5 Å². The molecule has 0 unspecified atom stereocenters. The highest BCUT2D eigenvalue weighted by atomic mass is 15.2. The number of nitrogens with zero attached hydrogens (tertiary/aromatic N) is 1. The second kappa shape index (κ2) is 8.43. The highest BCUT2D eigenvalue weighted by Gasteiger charge is 2.21. The van der Waals surface area contributed by atoms with Gasteiger partial charge in [0.2, 0.25) is 0 Å². The molecular formula is C30H29N. The monoisotopic (exact) mass is 403 g/mol. The molecule has 0 aliphatic heterocycles. The Morgan fingerprint density at radius 1 is 0.774 bits per heavy atom. The highest BCUT2D eigenvalue weighted by molar-refractivity contribution is 6.15. The summed E-state index contributed by atoms with van der Waals surface area (Å²) in [4.78, 5) is 2.50. The molecule has 0 N–H and O–H groups in total. The molecule has 4 aromatic carbocycles. The Bertz CT molecular complexity index is 1230. The third kappa shape index (κ3) is 3.55. The molecule has 0 saturated carbocycles. The van der Waals surface area contributed by atoms with Gasteiger partial charge >= 0.3 is 0 Å². The van der Waals surface area contributed by atoms with Crippen molar-refractivity contribution in [3.05, 3.63) is 108 Å². The van der Waals surface area contributed by atoms with Gasteiger partial charge in [-0.15, -0.1) is 0 Å². The Morgan fingerprint density at radius 3 is 1.94 bits per heavy atom. The van der Waals surface area contributed by atoms with Gasteiger partial charge in [-0.3, -0.25) is 0 Å². The summed E-state index contributed by atoms with van der Waals surface area (Å²) in [6.07, 6.45) is 11.2. The summed E-state index contributed by atoms with van der Waals surface area (Å²) < 4.78 is 0. The van der Waals surface area contributed by atoms with Crippen LogP contribution in [0.5, 0.6) is 0 Å². The van der Waals surface area contributed by atoms with Crippen molar-refractivity contribution in [1.29, 1.82) is 0 Å². The van der Waals surface area contributed by atoms with E-state index in [0.717, 1.165) is 19.3 Å². The van der Waals surface area contributed by atoms with Crippen molar-refractivity contribution >= 4 is 32.9 Å². The number of benzene rings is 4. The van der Waals surface area contributed by atoms with Crippen LogP contribution >= 0.6 is 0 Å². The average molecular weight is 404 g/mol. The molecule has 0 spiro atoms. The minimum absolute atomic E-state index is 1.05. The van der Waals surface area contributed by atoms with Crippen LogP contribution in [0.15, 0.2) is 96.7 Å². The fourth-order valence-electron chi connectivity index (χ4n) is 4.88. The van der Waals surface area contributed by atoms with Crippen molar-refractivity contribution in [1.82, 2.24) is 0 Å². The van der Waals surface area contributed by atoms with Gasteiger partial charge in [-0.05, 0) is 66.3 Å². The molecule has 1 aliphatic carbocycles. The first-order valence-electron chi connectivity index (χ1n) is 11.4. The van der Waals surface area contributed by atoms with Crippen LogP contribution in [0.25, 0.3) is 21.5 Å². The molecule has 0 atom stereocenters. The summed E-state index contributed by atoms with van der Waals surface area (Å²) in [7, 11) is 0. The molecule has 1 heteroatoms. The maximum Gasteiger partial charge on any atom is 0.0615 e. The molecule has 0 amide bonds. The normalized spacial score (nSPS) is 13.5. The van der Waals surface area contributed by atoms with Crippen LogP contribution in [0.3, 0.4) is 0 Å². The molecule has 0 fully saturated rings. The van der Waals surface area contributed by atoms with E-state index in [1.807, 2.05) is 0 Å². The molecule has 1 nitrogen and oxygen atoms in total. The summed E-state index contributed by atoms with van der Waals surface area (Å²) >= 11 is 0. The topological polar surface area (TPSA) is 3.24 Å². The van der Waals surface area contributed by atoms with E-state index < -0.39 is 0 Å². The van der Waals surface area contributed by atoms with E-state index in [1.54, 1.807) is 0 Å². The van der Waals surface area contributed by atoms with Gasteiger partial charge in [0.15, 0.2) is 0 Å². The summed E-state index contributed by atoms with van der Waals surface area (Å²) in [5.74, 6) is 0. The van der Waals surface area contributed by atoms with Gasteiger partial charge < -0.3 is 4.90 Å². The average Bonchev–Trinajstić information content (AvgIpc) is 2.83. The highest BCUT2D eigenvalue weighted by Crippen LogP contribution is 2.44. The fraction of sp³-hybridized carbons (Fsp3) is 0.200. The van der Waals surface area contributed by atoms with Crippen LogP contribution in [0.2, 0.25) is 0 Å². The maximum absolute atomic E-state index is 2.50. The predicted molar refractivity (Wildman–Crippen MR) is 135 cm³/mol. The number of hydrogen-bond acceptors (Lipinski definition) is 1. The molecule has 5 rings (SSSR count). The predicted octanol–water partition coefficient (Wildman–Crippen LogP) is 8.63. The summed E-state index contributed by atoms with van der Waals surface area (Å²) in [6.45, 7) is 4.49. The lowest BCUT2D eigenvalue weighted by molar-refractivity contribution is 0.913. The largest absolute Gasteiger partial charge is 0.313 e. The first-order valence-corrected chi connectivity index (χ1v) is 11.4. The number of allylic oxidation sites excluding steroid dienone is 4. The fourth-order valence-corrected chi connectivity index (χ4v) is 4.88. The Kier molecular flexibility index (Phi) is 5.34. The zero-order valence-electron chi connectivity index (χ0n) is 18.4. The molecule has 31 heavy (non-hydrogen) atoms. The van der Waals surface area contributed by atoms with Gasteiger partial charge in [0.05, 0.1) is 5.69 Å². The van der Waals surface area contributed by atoms with Gasteiger partial charge in [-0.1, -0.05) is 86.2 Å². The van der Waals surface area contributed by atoms with Crippen molar-refractivity contribution in [3.63, 3.8) is 0 Å². The van der Waals surface area contributed by atoms with Gasteiger partial charge in [0.1, 0.15) is 0 Å². The lowest BCUT2D eigenvalue weighted by atomic mass is 9.94. The standard InChI is InChI=1S/C30H29N/c1-3-11-23-18-20-25(21-19-23)31(24-12-5-4-6-13-24)30-28-16-9-7-14-26(28)22(2)27-15-8-10-17-29(27)30/h4-5,7-10,12,14-21H,3,6,11,13H2,1-2H3. The van der Waals surface area contributed by atoms with E-state index in [4.69, 9.17) is 0 Å². The van der Waals surface area contributed by atoms with E-state index in [-0.39, 0.29) is 0 Å². The van der Waals surface area contributed by atoms with Crippen molar-refractivity contribution in [2.24, 2.45) is 0 Å². The maximum atomic E-state index is 2.50. The number of anilines is 2. The molecule has 4 aromatic rings. The molecule has 0 aromatic heterocycles. The molecule has 0 bridgehead atoms. The Balaban J connectivity index is 1.83. The third-order valence-electron chi connectivity index (χ3n) is 6.41. The summed E-state index contributed by atoms with van der Waals surface area (Å²) in [5.41, 5.74) is 6.64. The lowest BCUT2D eigenvalue weighted by Gasteiger charge is -2.32. The number of hydrogen-bond donors (Lipinski definition) is 0. The Hall–Kier alpha value is -3.32. The summed E-state index contributed by atoms with van der Waals surface area (Å²) in [6, 6.07) is 26.9. The minimum Gasteiger partial charge on any atom is -0.313 e. The zero-order chi connectivity index (χ0) is 21.2. The van der Waals surface area contributed by atoms with Gasteiger partial charge in [0.25, 0.3) is 0 Å². The number of rotatable bonds is 5. The van der Waals surface area contributed by atoms with Crippen molar-refractivity contribution in [3.8, 4) is 0 Å². The Labute approximate surface area is 185 Å². The molecule has 0 saturated heterocycles. The number of fused-ring (bicyclic) bond motifs is 2. The van der Waals surface area contributed by atoms with Crippen LogP contribution in [0, 0.1) is 6.92 Å². The molecule has 0 heterocycles. The molecule has 1 aliphatic rings. The van der Waals surface area contributed by atoms with Gasteiger partial charge in [0, 0.05) is 22.2 Å². The quantitative estimate of drug-likeness (QED) is 0.301. The minimum atomic E-state index is 1.05. The first kappa shape index (κ1) is 19.6. The van der Waals surface area contributed by atoms with E-state index in [0.29, 0.717) is 0 Å². The van der Waals surface area contributed by atoms with E-state index in [1.165, 1.54) is 56.2 Å². The zero-order valence-corrected chi connectivity index (χ0v) is 18.4. The molecule has 0 radical (unpaired) electrons. The van der Waals surface area contributed by atoms with E-state index >= 15 is 0 Å². The second-order valence-corrected chi connectivity index (χ2v) is 8.44. The summed E-state index contributed by atoms with van der Waals surface area (Å²) in [5, 5.41) is 5.28. The van der Waals surface area contributed by atoms with E-state index in [9.17, 15) is 0 Å². The number of aryl methyl sites for hydroxylation is 2. The van der Waals surface area contributed by atoms with Crippen LogP contribution in [-0.4, -0.2) is 0 Å². The second-order valence-electron chi connectivity index (χ2n) is 8.44.